The molecule has 45 heavy (non-hydrogen) atoms. The van der Waals surface area contributed by atoms with E-state index in [4.69, 9.17) is 10.6 Å². The zero-order valence-corrected chi connectivity index (χ0v) is 26.0. The van der Waals surface area contributed by atoms with Crippen LogP contribution in [0.2, 0.25) is 0 Å². The highest BCUT2D eigenvalue weighted by Gasteiger charge is 2.53. The number of aromatic hydroxyl groups is 2. The van der Waals surface area contributed by atoms with E-state index in [1.165, 1.54) is 70.9 Å². The van der Waals surface area contributed by atoms with Crippen LogP contribution < -0.4 is 25.8 Å². The first kappa shape index (κ1) is 31.6. The average Bonchev–Trinajstić information content (AvgIpc) is 3.47. The van der Waals surface area contributed by atoms with Crippen LogP contribution in [0, 0.1) is 0 Å². The molecule has 0 bridgehead atoms. The summed E-state index contributed by atoms with van der Waals surface area (Å²) in [5.74, 6) is -3.49. The summed E-state index contributed by atoms with van der Waals surface area (Å²) in [5.41, 5.74) is 6.08. The standard InChI is InChI=1S/C27H25N7O8S3/c1-32(23(38)13-3-4-17(35)18(36)9-13)33-7-5-15(6-8-33)43-10-14-11-44-25-20(24(39)34(25)21(14)26(40)41)30-22(37)19(31-42-2)16-12-45-27(28)29-16/h3-9,12,20,25H,10-11H2,1-2H3,(H5-,28,29,30,31,35,36,37,38,40,41)/t20-,25-/m1/s1. The first-order chi connectivity index (χ1) is 21.5. The number of carbonyl (C=O) groups excluding carboxylic acids is 4. The third-order valence-electron chi connectivity index (χ3n) is 6.75. The maximum Gasteiger partial charge on any atom is 0.308 e. The number of nitrogens with zero attached hydrogens (tertiary/aromatic N) is 5. The van der Waals surface area contributed by atoms with Crippen molar-refractivity contribution in [1.82, 2.24) is 15.2 Å². The lowest BCUT2D eigenvalue weighted by Gasteiger charge is -2.50. The fraction of sp³-hybridized carbons (Fsp3) is 0.222. The molecule has 5 N–H and O–H groups in total. The number of carboxylic acid groups (broad SMARTS) is 1. The summed E-state index contributed by atoms with van der Waals surface area (Å²) in [5, 5.41) is 40.0. The molecular weight excluding hydrogens is 647 g/mol. The smallest absolute Gasteiger partial charge is 0.308 e. The summed E-state index contributed by atoms with van der Waals surface area (Å²) in [7, 11) is 2.79. The number of carbonyl (C=O) groups is 4. The number of thiazole rings is 1. The van der Waals surface area contributed by atoms with E-state index in [0.717, 1.165) is 21.1 Å². The topological polar surface area (TPSA) is 215 Å². The molecule has 2 atom stereocenters. The second-order valence-corrected chi connectivity index (χ2v) is 12.6. The third kappa shape index (κ3) is 6.38. The Morgan fingerprint density at radius 1 is 1.27 bits per heavy atom. The van der Waals surface area contributed by atoms with Gasteiger partial charge in [-0.05, 0) is 23.8 Å². The zero-order chi connectivity index (χ0) is 32.4. The van der Waals surface area contributed by atoms with E-state index in [2.05, 4.69) is 15.5 Å². The number of phenols is 2. The average molecular weight is 672 g/mol. The molecule has 2 aliphatic rings. The van der Waals surface area contributed by atoms with Gasteiger partial charge in [-0.3, -0.25) is 19.3 Å². The summed E-state index contributed by atoms with van der Waals surface area (Å²) in [6.07, 6.45) is 3.26. The highest BCUT2D eigenvalue weighted by Crippen LogP contribution is 2.41. The van der Waals surface area contributed by atoms with Crippen LogP contribution in [-0.4, -0.2) is 86.6 Å². The molecule has 3 amide bonds. The van der Waals surface area contributed by atoms with Crippen LogP contribution in [-0.2, 0) is 19.2 Å². The maximum absolute atomic E-state index is 13.1. The van der Waals surface area contributed by atoms with Crippen LogP contribution in [0.1, 0.15) is 16.1 Å². The van der Waals surface area contributed by atoms with Crippen LogP contribution in [0.25, 0.3) is 0 Å². The largest absolute Gasteiger partial charge is 0.543 e. The van der Waals surface area contributed by atoms with Crippen molar-refractivity contribution < 1.29 is 44.0 Å². The minimum atomic E-state index is -1.50. The van der Waals surface area contributed by atoms with Gasteiger partial charge < -0.3 is 36.0 Å². The molecule has 0 saturated carbocycles. The number of nitrogen functional groups attached to an aromatic ring is 1. The van der Waals surface area contributed by atoms with Gasteiger partial charge in [-0.25, -0.2) is 4.98 Å². The van der Waals surface area contributed by atoms with Gasteiger partial charge in [-0.2, -0.15) is 0 Å². The lowest BCUT2D eigenvalue weighted by molar-refractivity contribution is -0.679. The fourth-order valence-electron chi connectivity index (χ4n) is 4.50. The molecule has 4 heterocycles. The Bertz CT molecular complexity index is 1740. The van der Waals surface area contributed by atoms with E-state index in [0.29, 0.717) is 5.57 Å². The van der Waals surface area contributed by atoms with Gasteiger partial charge >= 0.3 is 5.91 Å². The fourth-order valence-corrected chi connectivity index (χ4v) is 7.42. The summed E-state index contributed by atoms with van der Waals surface area (Å²) in [6, 6.07) is 6.24. The number of fused-ring (bicyclic) bond motifs is 1. The van der Waals surface area contributed by atoms with E-state index in [9.17, 15) is 34.5 Å². The van der Waals surface area contributed by atoms with E-state index in [1.54, 1.807) is 24.5 Å². The van der Waals surface area contributed by atoms with Crippen LogP contribution in [0.4, 0.5) is 5.13 Å². The van der Waals surface area contributed by atoms with Gasteiger partial charge in [-0.15, -0.1) is 39.9 Å². The Hall–Kier alpha value is -4.81. The Morgan fingerprint density at radius 2 is 2.00 bits per heavy atom. The number of rotatable bonds is 10. The van der Waals surface area contributed by atoms with Gasteiger partial charge in [0.15, 0.2) is 22.3 Å². The molecule has 2 aromatic heterocycles. The summed E-state index contributed by atoms with van der Waals surface area (Å²) in [6.45, 7) is 0. The molecule has 0 spiro atoms. The molecule has 15 nitrogen and oxygen atoms in total. The van der Waals surface area contributed by atoms with Crippen molar-refractivity contribution in [2.75, 3.05) is 36.4 Å². The Labute approximate surface area is 267 Å². The molecule has 0 aliphatic carbocycles. The molecule has 5 rings (SSSR count). The molecule has 3 aromatic rings. The number of anilines is 1. The van der Waals surface area contributed by atoms with Crippen molar-refractivity contribution in [3.63, 3.8) is 0 Å². The molecule has 1 aromatic carbocycles. The molecule has 0 unspecified atom stereocenters. The number of β-lactam (4-membered cyclic amide) rings is 1. The number of thioether (sulfide) groups is 2. The second kappa shape index (κ2) is 13.0. The predicted octanol–water partition coefficient (Wildman–Crippen LogP) is -0.621. The van der Waals surface area contributed by atoms with Crippen LogP contribution in [0.3, 0.4) is 0 Å². The molecule has 0 radical (unpaired) electrons. The van der Waals surface area contributed by atoms with E-state index >= 15 is 0 Å². The number of aromatic nitrogens is 2. The van der Waals surface area contributed by atoms with Crippen LogP contribution in [0.5, 0.6) is 11.5 Å². The number of nitrogens with two attached hydrogens (primary N) is 1. The van der Waals surface area contributed by atoms with E-state index in [1.807, 2.05) is 0 Å². The first-order valence-corrected chi connectivity index (χ1v) is 15.9. The van der Waals surface area contributed by atoms with Crippen molar-refractivity contribution in [1.29, 1.82) is 0 Å². The van der Waals surface area contributed by atoms with Crippen molar-refractivity contribution in [2.45, 2.75) is 16.3 Å². The number of aliphatic carboxylic acids is 1. The SMILES string of the molecule is CO/N=C(\C(=O)N[C@@H]1C(=O)N2C(C(=O)[O-])=C(CSc3cc[n+](N(C)C(=O)c4ccc(O)c(O)c4)cc3)CS[C@H]12)c1csc(N)n1. The summed E-state index contributed by atoms with van der Waals surface area (Å²) < 4.78 is 1.52. The zero-order valence-electron chi connectivity index (χ0n) is 23.6. The molecule has 1 fully saturated rings. The van der Waals surface area contributed by atoms with Gasteiger partial charge in [0.05, 0.1) is 18.7 Å². The minimum Gasteiger partial charge on any atom is -0.543 e. The summed E-state index contributed by atoms with van der Waals surface area (Å²) >= 11 is 3.74. The number of hydrogen-bond donors (Lipinski definition) is 4. The van der Waals surface area contributed by atoms with Gasteiger partial charge in [0.1, 0.15) is 24.2 Å². The first-order valence-electron chi connectivity index (χ1n) is 13.0. The lowest BCUT2D eigenvalue weighted by Crippen LogP contribution is -2.71. The van der Waals surface area contributed by atoms with Gasteiger partial charge in [-0.1, -0.05) is 9.83 Å². The lowest BCUT2D eigenvalue weighted by atomic mass is 10.0. The number of benzene rings is 1. The molecular formula is C27H25N7O8S3. The van der Waals surface area contributed by atoms with Crippen molar-refractivity contribution in [3.05, 3.63) is 70.6 Å². The van der Waals surface area contributed by atoms with Gasteiger partial charge in [0, 0.05) is 39.5 Å². The van der Waals surface area contributed by atoms with Crippen molar-refractivity contribution in [3.8, 4) is 11.5 Å². The molecule has 1 saturated heterocycles. The number of amides is 3. The number of hydrogen-bond acceptors (Lipinski definition) is 14. The Balaban J connectivity index is 1.24. The predicted molar refractivity (Wildman–Crippen MR) is 163 cm³/mol. The number of oxime groups is 1. The van der Waals surface area contributed by atoms with Crippen molar-refractivity contribution in [2.24, 2.45) is 5.16 Å². The minimum absolute atomic E-state index is 0.171. The van der Waals surface area contributed by atoms with Crippen LogP contribution >= 0.6 is 34.9 Å². The van der Waals surface area contributed by atoms with Crippen molar-refractivity contribution >= 4 is 69.4 Å². The monoisotopic (exact) mass is 671 g/mol. The highest BCUT2D eigenvalue weighted by molar-refractivity contribution is 8.01. The number of carboxylic acids is 1. The number of phenolic OH excluding ortho intramolecular Hbond substituents is 2. The molecule has 2 aliphatic heterocycles. The highest BCUT2D eigenvalue weighted by atomic mass is 32.2. The molecule has 18 heteroatoms. The number of pyridine rings is 1. The third-order valence-corrected chi connectivity index (χ3v) is 9.86. The maximum atomic E-state index is 13.1. The number of nitrogens with one attached hydrogen (secondary N) is 1. The Morgan fingerprint density at radius 3 is 2.62 bits per heavy atom. The van der Waals surface area contributed by atoms with Crippen LogP contribution in [0.15, 0.2) is 69.4 Å². The van der Waals surface area contributed by atoms with E-state index in [-0.39, 0.29) is 45.1 Å². The van der Waals surface area contributed by atoms with E-state index < -0.39 is 40.9 Å². The van der Waals surface area contributed by atoms with Gasteiger partial charge in [0.2, 0.25) is 12.4 Å². The quantitative estimate of drug-likeness (QED) is 0.0530. The summed E-state index contributed by atoms with van der Waals surface area (Å²) in [4.78, 5) is 61.6. The van der Waals surface area contributed by atoms with Gasteiger partial charge in [0.25, 0.3) is 11.8 Å². The Kier molecular flexibility index (Phi) is 9.16. The molecule has 234 valence electrons. The normalized spacial score (nSPS) is 17.8. The second-order valence-electron chi connectivity index (χ2n) is 9.53.